The molecule has 3 heteroatoms. The molecule has 104 valence electrons. The standard InChI is InChI=1S/C18H16NOP/c1-20-18-14-17(12-13-19-18)21(15-8-4-2-5-9-15)16-10-6-3-7-11-16/h2-14H,1H3. The van der Waals surface area contributed by atoms with Crippen molar-refractivity contribution in [3.63, 3.8) is 0 Å². The molecule has 0 aliphatic heterocycles. The van der Waals surface area contributed by atoms with Crippen LogP contribution >= 0.6 is 7.92 Å². The van der Waals surface area contributed by atoms with Gasteiger partial charge in [-0.1, -0.05) is 60.7 Å². The summed E-state index contributed by atoms with van der Waals surface area (Å²) in [6, 6.07) is 25.3. The van der Waals surface area contributed by atoms with Gasteiger partial charge in [0.25, 0.3) is 0 Å². The lowest BCUT2D eigenvalue weighted by Crippen LogP contribution is -2.20. The predicted molar refractivity (Wildman–Crippen MR) is 89.5 cm³/mol. The van der Waals surface area contributed by atoms with Gasteiger partial charge in [-0.05, 0) is 29.9 Å². The molecule has 1 heterocycles. The highest BCUT2D eigenvalue weighted by molar-refractivity contribution is 7.79. The summed E-state index contributed by atoms with van der Waals surface area (Å²) < 4.78 is 5.28. The topological polar surface area (TPSA) is 22.1 Å². The third kappa shape index (κ3) is 3.12. The summed E-state index contributed by atoms with van der Waals surface area (Å²) in [6.45, 7) is 0. The third-order valence-corrected chi connectivity index (χ3v) is 5.64. The molecular formula is C18H16NOP. The van der Waals surface area contributed by atoms with Crippen LogP contribution < -0.4 is 20.7 Å². The lowest BCUT2D eigenvalue weighted by molar-refractivity contribution is 0.398. The molecule has 0 radical (unpaired) electrons. The summed E-state index contributed by atoms with van der Waals surface area (Å²) in [6.07, 6.45) is 1.81. The van der Waals surface area contributed by atoms with Gasteiger partial charge in [0, 0.05) is 12.3 Å². The first-order valence-corrected chi connectivity index (χ1v) is 8.13. The third-order valence-electron chi connectivity index (χ3n) is 3.21. The average molecular weight is 293 g/mol. The number of pyridine rings is 1. The van der Waals surface area contributed by atoms with Crippen LogP contribution in [0.25, 0.3) is 0 Å². The first-order chi connectivity index (χ1) is 10.4. The summed E-state index contributed by atoms with van der Waals surface area (Å²) in [7, 11) is 1.06. The molecule has 0 saturated heterocycles. The summed E-state index contributed by atoms with van der Waals surface area (Å²) in [5.74, 6) is 0.659. The van der Waals surface area contributed by atoms with Crippen molar-refractivity contribution in [1.82, 2.24) is 4.98 Å². The monoisotopic (exact) mass is 293 g/mol. The van der Waals surface area contributed by atoms with Crippen LogP contribution in [0.4, 0.5) is 0 Å². The van der Waals surface area contributed by atoms with Crippen molar-refractivity contribution in [3.05, 3.63) is 79.0 Å². The molecule has 0 fully saturated rings. The molecule has 3 rings (SSSR count). The van der Waals surface area contributed by atoms with Crippen molar-refractivity contribution in [2.24, 2.45) is 0 Å². The Bertz CT molecular complexity index is 661. The summed E-state index contributed by atoms with van der Waals surface area (Å²) >= 11 is 0. The number of ether oxygens (including phenoxy) is 1. The van der Waals surface area contributed by atoms with E-state index in [0.717, 1.165) is 0 Å². The molecule has 2 nitrogen and oxygen atoms in total. The average Bonchev–Trinajstić information content (AvgIpc) is 2.57. The van der Waals surface area contributed by atoms with Crippen LogP contribution in [0.5, 0.6) is 5.88 Å². The molecule has 0 bridgehead atoms. The van der Waals surface area contributed by atoms with Gasteiger partial charge in [0.2, 0.25) is 5.88 Å². The minimum atomic E-state index is -0.588. The highest BCUT2D eigenvalue weighted by atomic mass is 31.1. The van der Waals surface area contributed by atoms with Gasteiger partial charge in [0.15, 0.2) is 0 Å². The van der Waals surface area contributed by atoms with E-state index in [4.69, 9.17) is 4.74 Å². The lowest BCUT2D eigenvalue weighted by Gasteiger charge is -2.19. The number of benzene rings is 2. The number of hydrogen-bond acceptors (Lipinski definition) is 2. The fraction of sp³-hybridized carbons (Fsp3) is 0.0556. The van der Waals surface area contributed by atoms with Gasteiger partial charge in [-0.3, -0.25) is 0 Å². The molecule has 0 aliphatic carbocycles. The molecule has 0 N–H and O–H groups in total. The van der Waals surface area contributed by atoms with Gasteiger partial charge >= 0.3 is 0 Å². The maximum Gasteiger partial charge on any atom is 0.213 e. The molecule has 0 aliphatic rings. The highest BCUT2D eigenvalue weighted by Crippen LogP contribution is 2.33. The number of methoxy groups -OCH3 is 1. The zero-order valence-electron chi connectivity index (χ0n) is 11.8. The van der Waals surface area contributed by atoms with Crippen LogP contribution in [0.2, 0.25) is 0 Å². The van der Waals surface area contributed by atoms with E-state index >= 15 is 0 Å². The Labute approximate surface area is 126 Å². The fourth-order valence-corrected chi connectivity index (χ4v) is 4.54. The lowest BCUT2D eigenvalue weighted by atomic mass is 10.4. The molecule has 3 aromatic rings. The van der Waals surface area contributed by atoms with Gasteiger partial charge in [-0.15, -0.1) is 0 Å². The summed E-state index contributed by atoms with van der Waals surface area (Å²) in [5, 5.41) is 3.90. The number of aromatic nitrogens is 1. The van der Waals surface area contributed by atoms with Gasteiger partial charge in [0.05, 0.1) is 7.11 Å². The molecule has 0 spiro atoms. The van der Waals surface area contributed by atoms with E-state index in [-0.39, 0.29) is 0 Å². The summed E-state index contributed by atoms with van der Waals surface area (Å²) in [5.41, 5.74) is 0. The molecule has 0 atom stereocenters. The first kappa shape index (κ1) is 13.8. The van der Waals surface area contributed by atoms with E-state index in [2.05, 4.69) is 71.7 Å². The van der Waals surface area contributed by atoms with Crippen molar-refractivity contribution in [2.75, 3.05) is 7.11 Å². The second kappa shape index (κ2) is 6.51. The van der Waals surface area contributed by atoms with Crippen molar-refractivity contribution in [3.8, 4) is 5.88 Å². The Balaban J connectivity index is 2.12. The Kier molecular flexibility index (Phi) is 4.28. The first-order valence-electron chi connectivity index (χ1n) is 6.79. The van der Waals surface area contributed by atoms with Crippen LogP contribution in [-0.4, -0.2) is 12.1 Å². The molecule has 0 saturated carbocycles. The quantitative estimate of drug-likeness (QED) is 0.690. The van der Waals surface area contributed by atoms with E-state index < -0.39 is 7.92 Å². The Morgan fingerprint density at radius 1 is 0.762 bits per heavy atom. The number of nitrogens with zero attached hydrogens (tertiary/aromatic N) is 1. The molecule has 2 aromatic carbocycles. The highest BCUT2D eigenvalue weighted by Gasteiger charge is 2.16. The van der Waals surface area contributed by atoms with E-state index in [1.165, 1.54) is 15.9 Å². The number of rotatable bonds is 4. The maximum atomic E-state index is 5.28. The smallest absolute Gasteiger partial charge is 0.213 e. The minimum absolute atomic E-state index is 0.588. The Morgan fingerprint density at radius 3 is 1.86 bits per heavy atom. The summed E-state index contributed by atoms with van der Waals surface area (Å²) in [4.78, 5) is 4.22. The van der Waals surface area contributed by atoms with Gasteiger partial charge < -0.3 is 4.74 Å². The zero-order chi connectivity index (χ0) is 14.5. The SMILES string of the molecule is COc1cc(P(c2ccccc2)c2ccccc2)ccn1. The van der Waals surface area contributed by atoms with Crippen molar-refractivity contribution in [1.29, 1.82) is 0 Å². The van der Waals surface area contributed by atoms with Crippen molar-refractivity contribution >= 4 is 23.8 Å². The van der Waals surface area contributed by atoms with E-state index in [9.17, 15) is 0 Å². The van der Waals surface area contributed by atoms with Crippen LogP contribution in [0.1, 0.15) is 0 Å². The molecule has 0 amide bonds. The molecule has 21 heavy (non-hydrogen) atoms. The number of hydrogen-bond donors (Lipinski definition) is 0. The Hall–Kier alpha value is -2.18. The van der Waals surface area contributed by atoms with E-state index in [1.54, 1.807) is 7.11 Å². The molecule has 0 unspecified atom stereocenters. The predicted octanol–water partition coefficient (Wildman–Crippen LogP) is 2.85. The van der Waals surface area contributed by atoms with Gasteiger partial charge in [-0.2, -0.15) is 0 Å². The largest absolute Gasteiger partial charge is 0.481 e. The van der Waals surface area contributed by atoms with E-state index in [1.807, 2.05) is 12.3 Å². The second-order valence-corrected chi connectivity index (χ2v) is 6.78. The molecule has 1 aromatic heterocycles. The van der Waals surface area contributed by atoms with Crippen LogP contribution in [0.3, 0.4) is 0 Å². The second-order valence-electron chi connectivity index (χ2n) is 4.56. The van der Waals surface area contributed by atoms with Crippen molar-refractivity contribution < 1.29 is 4.74 Å². The van der Waals surface area contributed by atoms with Gasteiger partial charge in [-0.25, -0.2) is 4.98 Å². The normalized spacial score (nSPS) is 10.6. The molecular weight excluding hydrogens is 277 g/mol. The van der Waals surface area contributed by atoms with Crippen LogP contribution in [0, 0.1) is 0 Å². The zero-order valence-corrected chi connectivity index (χ0v) is 12.7. The Morgan fingerprint density at radius 2 is 1.33 bits per heavy atom. The van der Waals surface area contributed by atoms with Crippen molar-refractivity contribution in [2.45, 2.75) is 0 Å². The van der Waals surface area contributed by atoms with Gasteiger partial charge in [0.1, 0.15) is 0 Å². The van der Waals surface area contributed by atoms with Crippen LogP contribution in [0.15, 0.2) is 79.0 Å². The van der Waals surface area contributed by atoms with E-state index in [0.29, 0.717) is 5.88 Å². The maximum absolute atomic E-state index is 5.28. The van der Waals surface area contributed by atoms with Crippen LogP contribution in [-0.2, 0) is 0 Å². The fourth-order valence-electron chi connectivity index (χ4n) is 2.25. The minimum Gasteiger partial charge on any atom is -0.481 e.